The van der Waals surface area contributed by atoms with Crippen LogP contribution in [0.2, 0.25) is 0 Å². The number of thiol groups is 6. The van der Waals surface area contributed by atoms with Crippen molar-refractivity contribution in [2.75, 3.05) is 4.90 Å². The highest BCUT2D eigenvalue weighted by Gasteiger charge is 2.56. The molecule has 1 aromatic carbocycles. The van der Waals surface area contributed by atoms with Gasteiger partial charge in [-0.1, -0.05) is 26.3 Å². The van der Waals surface area contributed by atoms with E-state index in [-0.39, 0.29) is 22.8 Å². The summed E-state index contributed by atoms with van der Waals surface area (Å²) in [7, 11) is 0. The molecule has 2 aliphatic rings. The summed E-state index contributed by atoms with van der Waals surface area (Å²) in [5.74, 6) is 0.611. The van der Waals surface area contributed by atoms with Gasteiger partial charge in [-0.25, -0.2) is 9.37 Å². The van der Waals surface area contributed by atoms with Crippen LogP contribution in [-0.2, 0) is 3.54 Å². The highest BCUT2D eigenvalue weighted by molar-refractivity contribution is 8.17. The number of halogens is 1. The normalized spacial score (nSPS) is 27.4. The van der Waals surface area contributed by atoms with E-state index in [1.54, 1.807) is 17.0 Å². The van der Waals surface area contributed by atoms with Crippen LogP contribution in [-0.4, -0.2) is 56.2 Å². The zero-order valence-corrected chi connectivity index (χ0v) is 26.5. The molecule has 1 N–H and O–H groups in total. The van der Waals surface area contributed by atoms with Gasteiger partial charge in [-0.2, -0.15) is 0 Å². The molecule has 16 heteroatoms. The summed E-state index contributed by atoms with van der Waals surface area (Å²) in [4.78, 5) is 7.20. The fourth-order valence-corrected chi connectivity index (χ4v) is 7.15. The number of hydrogen-bond acceptors (Lipinski definition) is 14. The molecular weight excluding hydrogens is 616 g/mol. The second kappa shape index (κ2) is 10.3. The first-order valence-electron chi connectivity index (χ1n) is 12.2. The maximum Gasteiger partial charge on any atom is 0.213 e. The number of tetrazole rings is 1. The van der Waals surface area contributed by atoms with Crippen LogP contribution in [0.3, 0.4) is 0 Å². The van der Waals surface area contributed by atoms with Crippen LogP contribution in [0.25, 0.3) is 22.8 Å². The Balaban J connectivity index is 1.43. The smallest absolute Gasteiger partial charge is 0.213 e. The maximum absolute atomic E-state index is 16.1. The van der Waals surface area contributed by atoms with Crippen molar-refractivity contribution in [1.29, 1.82) is 0 Å². The van der Waals surface area contributed by atoms with Crippen molar-refractivity contribution >= 4 is 81.6 Å². The first-order chi connectivity index (χ1) is 18.1. The number of benzene rings is 1. The van der Waals surface area contributed by atoms with Gasteiger partial charge in [0.15, 0.2) is 15.2 Å². The zero-order valence-electron chi connectivity index (χ0n) is 21.1. The van der Waals surface area contributed by atoms with Crippen LogP contribution in [0.15, 0.2) is 24.4 Å². The molecule has 0 amide bonds. The van der Waals surface area contributed by atoms with E-state index in [1.807, 2.05) is 6.92 Å². The summed E-state index contributed by atoms with van der Waals surface area (Å²) in [6.45, 7) is 4.25. The van der Waals surface area contributed by atoms with Gasteiger partial charge in [-0.15, -0.1) is 101 Å². The van der Waals surface area contributed by atoms with Crippen LogP contribution >= 0.6 is 75.8 Å². The molecular formula is C23H29FN8OS6. The fourth-order valence-electron chi connectivity index (χ4n) is 6.14. The second-order valence-corrected chi connectivity index (χ2v) is 17.0. The first kappa shape index (κ1) is 29.4. The Kier molecular flexibility index (Phi) is 7.79. The SMILES string of the molecule is C[C@]12CCC[C@](C)(C1)[C@H](F)[C@H](N(c1cnc(-c3ccc(-c4nnn(C(S)(S)S)n4)cc3O)nn1)C(S)(S)S)C2. The van der Waals surface area contributed by atoms with E-state index in [4.69, 9.17) is 0 Å². The number of nitrogens with zero attached hydrogens (tertiary/aromatic N) is 8. The number of alkyl halides is 1. The minimum Gasteiger partial charge on any atom is -0.507 e. The molecule has 4 atom stereocenters. The van der Waals surface area contributed by atoms with E-state index in [0.29, 0.717) is 23.4 Å². The third-order valence-electron chi connectivity index (χ3n) is 7.69. The Bertz CT molecular complexity index is 1370. The number of hydrogen-bond donors (Lipinski definition) is 7. The standard InChI is InChI=1S/C23H29FN8OS6/c1-20-6-3-7-21(2,11-20)17(24)14(9-20)31(22(34,35)36)16-10-25-19(27-26-16)13-5-4-12(8-15(13)33)18-28-30-32(29-18)23(37,38)39/h4-5,8,10,14,17,33-39H,3,6-7,9,11H2,1-2H3/t14-,17-,20-,21-/m1/s1. The van der Waals surface area contributed by atoms with Gasteiger partial charge in [0.2, 0.25) is 9.36 Å². The predicted octanol–water partition coefficient (Wildman–Crippen LogP) is 5.16. The third kappa shape index (κ3) is 5.83. The molecule has 3 aromatic rings. The topological polar surface area (TPSA) is 106 Å². The summed E-state index contributed by atoms with van der Waals surface area (Å²) in [5.41, 5.74) is 0.397. The Morgan fingerprint density at radius 1 is 1.05 bits per heavy atom. The molecule has 2 aromatic heterocycles. The number of aromatic hydroxyl groups is 1. The zero-order chi connectivity index (χ0) is 28.4. The van der Waals surface area contributed by atoms with Crippen LogP contribution in [0.4, 0.5) is 10.2 Å². The van der Waals surface area contributed by atoms with Crippen molar-refractivity contribution in [2.45, 2.75) is 65.2 Å². The number of fused-ring (bicyclic) bond motifs is 2. The number of anilines is 1. The van der Waals surface area contributed by atoms with Crippen LogP contribution in [0.1, 0.15) is 46.0 Å². The van der Waals surface area contributed by atoms with Crippen molar-refractivity contribution < 1.29 is 9.50 Å². The van der Waals surface area contributed by atoms with E-state index >= 15 is 4.39 Å². The molecule has 2 heterocycles. The third-order valence-corrected chi connectivity index (χ3v) is 8.88. The molecule has 39 heavy (non-hydrogen) atoms. The Morgan fingerprint density at radius 3 is 2.38 bits per heavy atom. The summed E-state index contributed by atoms with van der Waals surface area (Å²) in [5, 5.41) is 31.3. The van der Waals surface area contributed by atoms with Gasteiger partial charge in [0, 0.05) is 11.0 Å². The number of rotatable bonds is 6. The minimum absolute atomic E-state index is 0.00171. The largest absolute Gasteiger partial charge is 0.507 e. The number of aromatic nitrogens is 7. The Hall–Kier alpha value is -1.07. The molecule has 2 fully saturated rings. The number of phenolic OH excluding ortho intramolecular Hbond substituents is 1. The lowest BCUT2D eigenvalue weighted by molar-refractivity contribution is -0.0549. The van der Waals surface area contributed by atoms with Crippen LogP contribution < -0.4 is 4.90 Å². The van der Waals surface area contributed by atoms with Crippen LogP contribution in [0, 0.1) is 10.8 Å². The fraction of sp³-hybridized carbons (Fsp3) is 0.565. The molecule has 2 saturated carbocycles. The van der Waals surface area contributed by atoms with Crippen molar-refractivity contribution in [1.82, 2.24) is 35.4 Å². The van der Waals surface area contributed by atoms with Gasteiger partial charge in [-0.05, 0) is 48.4 Å². The summed E-state index contributed by atoms with van der Waals surface area (Å²) >= 11 is 26.2. The van der Waals surface area contributed by atoms with Gasteiger partial charge >= 0.3 is 0 Å². The summed E-state index contributed by atoms with van der Waals surface area (Å²) in [6.07, 6.45) is 4.70. The first-order valence-corrected chi connectivity index (χ1v) is 14.9. The molecule has 9 nitrogen and oxygen atoms in total. The maximum atomic E-state index is 16.1. The molecule has 0 saturated heterocycles. The van der Waals surface area contributed by atoms with E-state index in [0.717, 1.165) is 30.5 Å². The lowest BCUT2D eigenvalue weighted by Gasteiger charge is -2.57. The molecule has 5 rings (SSSR count). The molecule has 210 valence electrons. The van der Waals surface area contributed by atoms with Crippen molar-refractivity contribution in [3.05, 3.63) is 24.4 Å². The lowest BCUT2D eigenvalue weighted by Crippen LogP contribution is -2.60. The minimum atomic E-state index is -1.32. The lowest BCUT2D eigenvalue weighted by atomic mass is 9.54. The van der Waals surface area contributed by atoms with Crippen LogP contribution in [0.5, 0.6) is 5.75 Å². The molecule has 0 radical (unpaired) electrons. The highest BCUT2D eigenvalue weighted by Crippen LogP contribution is 2.58. The highest BCUT2D eigenvalue weighted by atomic mass is 32.2. The predicted molar refractivity (Wildman–Crippen MR) is 169 cm³/mol. The average molecular weight is 645 g/mol. The molecule has 0 aliphatic heterocycles. The van der Waals surface area contributed by atoms with Gasteiger partial charge < -0.3 is 10.0 Å². The Morgan fingerprint density at radius 2 is 1.79 bits per heavy atom. The van der Waals surface area contributed by atoms with E-state index in [2.05, 4.69) is 113 Å². The molecule has 2 bridgehead atoms. The second-order valence-electron chi connectivity index (χ2n) is 11.0. The summed E-state index contributed by atoms with van der Waals surface area (Å²) < 4.78 is 13.6. The van der Waals surface area contributed by atoms with Gasteiger partial charge in [-0.3, -0.25) is 0 Å². The van der Waals surface area contributed by atoms with Gasteiger partial charge in [0.25, 0.3) is 0 Å². The van der Waals surface area contributed by atoms with E-state index < -0.39 is 24.7 Å². The van der Waals surface area contributed by atoms with Gasteiger partial charge in [0.1, 0.15) is 11.9 Å². The quantitative estimate of drug-likeness (QED) is 0.146. The van der Waals surface area contributed by atoms with E-state index in [9.17, 15) is 5.11 Å². The average Bonchev–Trinajstić information content (AvgIpc) is 3.33. The van der Waals surface area contributed by atoms with E-state index in [1.165, 1.54) is 12.3 Å². The van der Waals surface area contributed by atoms with Crippen molar-refractivity contribution in [2.24, 2.45) is 10.8 Å². The Labute approximate surface area is 259 Å². The summed E-state index contributed by atoms with van der Waals surface area (Å²) in [6, 6.07) is 4.22. The van der Waals surface area contributed by atoms with Crippen molar-refractivity contribution in [3.63, 3.8) is 0 Å². The van der Waals surface area contributed by atoms with Gasteiger partial charge in [0.05, 0.1) is 17.8 Å². The molecule has 2 aliphatic carbocycles. The number of phenols is 1. The molecule has 0 spiro atoms. The molecule has 0 unspecified atom stereocenters. The van der Waals surface area contributed by atoms with Crippen molar-refractivity contribution in [3.8, 4) is 28.5 Å². The monoisotopic (exact) mass is 644 g/mol.